The summed E-state index contributed by atoms with van der Waals surface area (Å²) in [6.07, 6.45) is 0.939. The molecule has 1 rings (SSSR count). The summed E-state index contributed by atoms with van der Waals surface area (Å²) in [6, 6.07) is 7.48. The van der Waals surface area contributed by atoms with Crippen molar-refractivity contribution >= 4 is 40.2 Å². The first-order valence-electron chi connectivity index (χ1n) is 6.26. The van der Waals surface area contributed by atoms with Crippen molar-refractivity contribution in [2.24, 2.45) is 0 Å². The second kappa shape index (κ2) is 8.14. The molecule has 0 aliphatic heterocycles. The van der Waals surface area contributed by atoms with Crippen LogP contribution in [0.5, 0.6) is 0 Å². The summed E-state index contributed by atoms with van der Waals surface area (Å²) in [5.74, 6) is -0.505. The number of rotatable bonds is 6. The van der Waals surface area contributed by atoms with E-state index in [2.05, 4.69) is 27.9 Å². The highest BCUT2D eigenvalue weighted by Crippen LogP contribution is 2.11. The first kappa shape index (κ1) is 15.9. The maximum Gasteiger partial charge on any atom is 0.306 e. The number of ether oxygens (including phenoxy) is 1. The monoisotopic (exact) mass is 375 g/mol. The molecule has 0 unspecified atom stereocenters. The number of esters is 1. The summed E-state index contributed by atoms with van der Waals surface area (Å²) in [6.45, 7) is 3.78. The number of amides is 1. The van der Waals surface area contributed by atoms with E-state index in [-0.39, 0.29) is 30.8 Å². The van der Waals surface area contributed by atoms with E-state index in [1.165, 1.54) is 0 Å². The molecule has 1 atom stereocenters. The van der Waals surface area contributed by atoms with Crippen molar-refractivity contribution in [1.29, 1.82) is 0 Å². The molecule has 4 nitrogen and oxygen atoms in total. The Labute approximate surface area is 127 Å². The van der Waals surface area contributed by atoms with Gasteiger partial charge in [0.05, 0.1) is 12.5 Å². The third-order valence-electron chi connectivity index (χ3n) is 2.59. The van der Waals surface area contributed by atoms with Crippen molar-refractivity contribution in [3.05, 3.63) is 27.8 Å². The molecule has 1 amide bonds. The van der Waals surface area contributed by atoms with E-state index in [1.807, 2.05) is 38.1 Å². The number of hydrogen-bond acceptors (Lipinski definition) is 3. The van der Waals surface area contributed by atoms with Crippen molar-refractivity contribution in [1.82, 2.24) is 0 Å². The van der Waals surface area contributed by atoms with Gasteiger partial charge in [-0.25, -0.2) is 0 Å². The number of carbonyl (C=O) groups is 2. The van der Waals surface area contributed by atoms with Gasteiger partial charge in [0.2, 0.25) is 5.91 Å². The molecule has 19 heavy (non-hydrogen) atoms. The normalized spacial score (nSPS) is 11.7. The zero-order chi connectivity index (χ0) is 14.3. The zero-order valence-electron chi connectivity index (χ0n) is 11.1. The van der Waals surface area contributed by atoms with E-state index >= 15 is 0 Å². The smallest absolute Gasteiger partial charge is 0.306 e. The van der Waals surface area contributed by atoms with Gasteiger partial charge in [0.15, 0.2) is 0 Å². The molecule has 1 aromatic rings. The largest absolute Gasteiger partial charge is 0.463 e. The van der Waals surface area contributed by atoms with Crippen molar-refractivity contribution in [3.8, 4) is 0 Å². The zero-order valence-corrected chi connectivity index (χ0v) is 13.3. The summed E-state index contributed by atoms with van der Waals surface area (Å²) in [4.78, 5) is 23.0. The number of benzene rings is 1. The molecule has 1 aromatic carbocycles. The minimum Gasteiger partial charge on any atom is -0.463 e. The van der Waals surface area contributed by atoms with Crippen LogP contribution in [-0.2, 0) is 14.3 Å². The Hall–Kier alpha value is -1.11. The number of carbonyl (C=O) groups excluding carboxylic acids is 2. The molecular formula is C14H18INO3. The number of halogens is 1. The molecule has 1 N–H and O–H groups in total. The minimum atomic E-state index is -0.327. The third kappa shape index (κ3) is 6.56. The van der Waals surface area contributed by atoms with Crippen molar-refractivity contribution in [3.63, 3.8) is 0 Å². The van der Waals surface area contributed by atoms with Gasteiger partial charge in [-0.3, -0.25) is 9.59 Å². The first-order chi connectivity index (χ1) is 9.01. The van der Waals surface area contributed by atoms with Gasteiger partial charge in [-0.2, -0.15) is 0 Å². The highest BCUT2D eigenvalue weighted by molar-refractivity contribution is 14.1. The quantitative estimate of drug-likeness (QED) is 0.613. The average molecular weight is 375 g/mol. The summed E-state index contributed by atoms with van der Waals surface area (Å²) < 4.78 is 6.20. The maximum atomic E-state index is 11.6. The van der Waals surface area contributed by atoms with Gasteiger partial charge in [0, 0.05) is 15.7 Å². The Balaban J connectivity index is 2.32. The van der Waals surface area contributed by atoms with Crippen LogP contribution < -0.4 is 5.32 Å². The van der Waals surface area contributed by atoms with Gasteiger partial charge in [0.25, 0.3) is 0 Å². The van der Waals surface area contributed by atoms with Gasteiger partial charge in [0.1, 0.15) is 0 Å². The fourth-order valence-electron chi connectivity index (χ4n) is 1.34. The fraction of sp³-hybridized carbons (Fsp3) is 0.429. The summed E-state index contributed by atoms with van der Waals surface area (Å²) in [7, 11) is 0. The average Bonchev–Trinajstić information content (AvgIpc) is 2.39. The van der Waals surface area contributed by atoms with Crippen LogP contribution in [0, 0.1) is 3.57 Å². The Morgan fingerprint density at radius 2 is 1.89 bits per heavy atom. The van der Waals surface area contributed by atoms with E-state index in [0.717, 1.165) is 15.7 Å². The topological polar surface area (TPSA) is 55.4 Å². The van der Waals surface area contributed by atoms with Crippen LogP contribution in [0.2, 0.25) is 0 Å². The molecule has 0 heterocycles. The summed E-state index contributed by atoms with van der Waals surface area (Å²) in [5, 5.41) is 2.74. The highest BCUT2D eigenvalue weighted by Gasteiger charge is 2.10. The molecule has 104 valence electrons. The van der Waals surface area contributed by atoms with Crippen molar-refractivity contribution in [2.45, 2.75) is 39.2 Å². The van der Waals surface area contributed by atoms with Crippen LogP contribution in [0.25, 0.3) is 0 Å². The molecule has 0 saturated carbocycles. The fourth-order valence-corrected chi connectivity index (χ4v) is 1.70. The lowest BCUT2D eigenvalue weighted by atomic mass is 10.2. The van der Waals surface area contributed by atoms with Gasteiger partial charge >= 0.3 is 5.97 Å². The molecule has 0 saturated heterocycles. The number of anilines is 1. The van der Waals surface area contributed by atoms with Gasteiger partial charge in [-0.15, -0.1) is 0 Å². The lowest BCUT2D eigenvalue weighted by Crippen LogP contribution is -2.17. The Bertz CT molecular complexity index is 431. The lowest BCUT2D eigenvalue weighted by molar-refractivity contribution is -0.149. The van der Waals surface area contributed by atoms with Crippen molar-refractivity contribution < 1.29 is 14.3 Å². The highest BCUT2D eigenvalue weighted by atomic mass is 127. The van der Waals surface area contributed by atoms with E-state index in [0.29, 0.717) is 0 Å². The second-order valence-electron chi connectivity index (χ2n) is 4.26. The Kier molecular flexibility index (Phi) is 6.83. The maximum absolute atomic E-state index is 11.6. The first-order valence-corrected chi connectivity index (χ1v) is 7.34. The molecule has 0 aliphatic carbocycles. The van der Waals surface area contributed by atoms with E-state index < -0.39 is 0 Å². The Morgan fingerprint density at radius 1 is 1.26 bits per heavy atom. The van der Waals surface area contributed by atoms with Crippen LogP contribution in [0.15, 0.2) is 24.3 Å². The van der Waals surface area contributed by atoms with E-state index in [9.17, 15) is 9.59 Å². The molecule has 0 radical (unpaired) electrons. The van der Waals surface area contributed by atoms with E-state index in [4.69, 9.17) is 4.74 Å². The van der Waals surface area contributed by atoms with E-state index in [1.54, 1.807) is 0 Å². The number of nitrogens with one attached hydrogen (secondary N) is 1. The molecule has 0 aromatic heterocycles. The summed E-state index contributed by atoms with van der Waals surface area (Å²) >= 11 is 2.20. The minimum absolute atomic E-state index is 0.0910. The molecule has 0 bridgehead atoms. The molecular weight excluding hydrogens is 357 g/mol. The predicted molar refractivity (Wildman–Crippen MR) is 82.9 cm³/mol. The second-order valence-corrected chi connectivity index (χ2v) is 5.51. The standard InChI is InChI=1S/C14H18INO3/c1-3-10(2)19-14(18)9-8-13(17)16-12-6-4-11(15)5-7-12/h4-7,10H,3,8-9H2,1-2H3,(H,16,17)/t10-/m0/s1. The predicted octanol–water partition coefficient (Wildman–Crippen LogP) is 3.35. The van der Waals surface area contributed by atoms with Gasteiger partial charge in [-0.05, 0) is 60.2 Å². The van der Waals surface area contributed by atoms with Crippen LogP contribution >= 0.6 is 22.6 Å². The molecule has 0 aliphatic rings. The van der Waals surface area contributed by atoms with Crippen LogP contribution in [-0.4, -0.2) is 18.0 Å². The van der Waals surface area contributed by atoms with Gasteiger partial charge in [-0.1, -0.05) is 6.92 Å². The summed E-state index contributed by atoms with van der Waals surface area (Å²) in [5.41, 5.74) is 0.737. The third-order valence-corrected chi connectivity index (χ3v) is 3.31. The molecule has 0 fully saturated rings. The number of hydrogen-bond donors (Lipinski definition) is 1. The van der Waals surface area contributed by atoms with Crippen LogP contribution in [0.3, 0.4) is 0 Å². The van der Waals surface area contributed by atoms with Crippen LogP contribution in [0.1, 0.15) is 33.1 Å². The van der Waals surface area contributed by atoms with Crippen molar-refractivity contribution in [2.75, 3.05) is 5.32 Å². The Morgan fingerprint density at radius 3 is 2.47 bits per heavy atom. The molecule has 5 heteroatoms. The molecule has 0 spiro atoms. The van der Waals surface area contributed by atoms with Crippen LogP contribution in [0.4, 0.5) is 5.69 Å². The van der Waals surface area contributed by atoms with Gasteiger partial charge < -0.3 is 10.1 Å². The lowest BCUT2D eigenvalue weighted by Gasteiger charge is -2.10. The SMILES string of the molecule is CC[C@H](C)OC(=O)CCC(=O)Nc1ccc(I)cc1.